The fourth-order valence-corrected chi connectivity index (χ4v) is 0.961. The Morgan fingerprint density at radius 2 is 2.00 bits per heavy atom. The molecule has 0 radical (unpaired) electrons. The van der Waals surface area contributed by atoms with Gasteiger partial charge < -0.3 is 5.32 Å². The molecule has 1 aromatic carbocycles. The molecule has 2 nitrogen and oxygen atoms in total. The van der Waals surface area contributed by atoms with Crippen molar-refractivity contribution in [3.05, 3.63) is 47.8 Å². The summed E-state index contributed by atoms with van der Waals surface area (Å²) in [5.74, 6) is -5.28. The highest BCUT2D eigenvalue weighted by Gasteiger charge is 2.17. The van der Waals surface area contributed by atoms with Crippen molar-refractivity contribution in [3.8, 4) is 0 Å². The Morgan fingerprint density at radius 1 is 1.33 bits per heavy atom. The number of rotatable bonds is 3. The minimum absolute atomic E-state index is 0.122. The largest absolute Gasteiger partial charge is 0.348 e. The molecule has 1 amide bonds. The molecule has 1 rings (SSSR count). The number of hydrogen-bond acceptors (Lipinski definition) is 1. The molecule has 0 saturated carbocycles. The molecule has 0 spiro atoms. The molecule has 0 saturated heterocycles. The van der Waals surface area contributed by atoms with Crippen LogP contribution >= 0.6 is 0 Å². The maximum absolute atomic E-state index is 13.0. The van der Waals surface area contributed by atoms with E-state index in [-0.39, 0.29) is 6.54 Å². The minimum atomic E-state index is -1.65. The Hall–Kier alpha value is -1.78. The number of hydrogen-bond donors (Lipinski definition) is 1. The first kappa shape index (κ1) is 11.3. The van der Waals surface area contributed by atoms with Crippen LogP contribution in [0.3, 0.4) is 0 Å². The second-order valence-corrected chi connectivity index (χ2v) is 2.72. The third-order valence-electron chi connectivity index (χ3n) is 1.69. The van der Waals surface area contributed by atoms with Gasteiger partial charge >= 0.3 is 0 Å². The van der Waals surface area contributed by atoms with Crippen LogP contribution in [0, 0.1) is 17.5 Å². The van der Waals surface area contributed by atoms with E-state index >= 15 is 0 Å². The zero-order chi connectivity index (χ0) is 11.4. The van der Waals surface area contributed by atoms with Crippen molar-refractivity contribution in [2.45, 2.75) is 0 Å². The Morgan fingerprint density at radius 3 is 2.60 bits per heavy atom. The van der Waals surface area contributed by atoms with Gasteiger partial charge in [-0.25, -0.2) is 13.2 Å². The molecule has 0 unspecified atom stereocenters. The molecule has 0 heterocycles. The Bertz CT molecular complexity index is 404. The topological polar surface area (TPSA) is 29.1 Å². The van der Waals surface area contributed by atoms with E-state index in [1.807, 2.05) is 0 Å². The normalized spacial score (nSPS) is 9.80. The molecule has 15 heavy (non-hydrogen) atoms. The van der Waals surface area contributed by atoms with Crippen molar-refractivity contribution in [2.75, 3.05) is 6.54 Å². The Kier molecular flexibility index (Phi) is 3.49. The molecule has 0 bridgehead atoms. The lowest BCUT2D eigenvalue weighted by Gasteiger charge is -2.04. The van der Waals surface area contributed by atoms with E-state index in [1.165, 1.54) is 6.08 Å². The van der Waals surface area contributed by atoms with Gasteiger partial charge in [0.15, 0.2) is 17.5 Å². The summed E-state index contributed by atoms with van der Waals surface area (Å²) in [6.07, 6.45) is 1.38. The van der Waals surface area contributed by atoms with Crippen LogP contribution in [0.1, 0.15) is 10.4 Å². The van der Waals surface area contributed by atoms with Gasteiger partial charge in [0.1, 0.15) is 0 Å². The standard InChI is InChI=1S/C10H8F3NO/c1-2-5-14-10(15)6-3-4-7(11)9(13)8(6)12/h2-4H,1,5H2,(H,14,15). The molecular weight excluding hydrogens is 207 g/mol. The van der Waals surface area contributed by atoms with Crippen molar-refractivity contribution in [3.63, 3.8) is 0 Å². The molecule has 0 atom stereocenters. The Labute approximate surface area is 84.4 Å². The van der Waals surface area contributed by atoms with Gasteiger partial charge in [-0.1, -0.05) is 6.08 Å². The van der Waals surface area contributed by atoms with Gasteiger partial charge in [0, 0.05) is 6.54 Å². The summed E-state index contributed by atoms with van der Waals surface area (Å²) in [7, 11) is 0. The lowest BCUT2D eigenvalue weighted by Crippen LogP contribution is -2.24. The molecule has 0 fully saturated rings. The SMILES string of the molecule is C=CCNC(=O)c1ccc(F)c(F)c1F. The molecule has 80 valence electrons. The first-order valence-electron chi connectivity index (χ1n) is 4.10. The van der Waals surface area contributed by atoms with Gasteiger partial charge in [-0.2, -0.15) is 0 Å². The first-order chi connectivity index (χ1) is 7.07. The van der Waals surface area contributed by atoms with Crippen molar-refractivity contribution in [2.24, 2.45) is 0 Å². The summed E-state index contributed by atoms with van der Waals surface area (Å²) < 4.78 is 38.3. The second kappa shape index (κ2) is 4.63. The summed E-state index contributed by atoms with van der Waals surface area (Å²) in [5, 5.41) is 2.25. The van der Waals surface area contributed by atoms with E-state index < -0.39 is 28.9 Å². The maximum atomic E-state index is 13.0. The number of carbonyl (C=O) groups is 1. The summed E-state index contributed by atoms with van der Waals surface area (Å²) in [6.45, 7) is 3.46. The summed E-state index contributed by atoms with van der Waals surface area (Å²) in [6, 6.07) is 1.58. The van der Waals surface area contributed by atoms with Crippen LogP contribution in [0.15, 0.2) is 24.8 Å². The predicted molar refractivity (Wildman–Crippen MR) is 48.8 cm³/mol. The van der Waals surface area contributed by atoms with E-state index in [0.717, 1.165) is 6.07 Å². The zero-order valence-corrected chi connectivity index (χ0v) is 7.69. The molecule has 0 aromatic heterocycles. The van der Waals surface area contributed by atoms with Crippen LogP contribution in [0.5, 0.6) is 0 Å². The number of carbonyl (C=O) groups excluding carboxylic acids is 1. The molecule has 0 aliphatic rings. The average Bonchev–Trinajstić information content (AvgIpc) is 2.23. The molecule has 0 aliphatic carbocycles. The minimum Gasteiger partial charge on any atom is -0.348 e. The third-order valence-corrected chi connectivity index (χ3v) is 1.69. The van der Waals surface area contributed by atoms with E-state index in [9.17, 15) is 18.0 Å². The summed E-state index contributed by atoms with van der Waals surface area (Å²) in [5.41, 5.74) is -0.532. The quantitative estimate of drug-likeness (QED) is 0.606. The summed E-state index contributed by atoms with van der Waals surface area (Å²) >= 11 is 0. The zero-order valence-electron chi connectivity index (χ0n) is 7.69. The highest BCUT2D eigenvalue weighted by Crippen LogP contribution is 2.14. The van der Waals surface area contributed by atoms with Gasteiger partial charge in [0.2, 0.25) is 0 Å². The van der Waals surface area contributed by atoms with E-state index in [1.54, 1.807) is 0 Å². The third kappa shape index (κ3) is 2.37. The lowest BCUT2D eigenvalue weighted by atomic mass is 10.2. The smallest absolute Gasteiger partial charge is 0.254 e. The highest BCUT2D eigenvalue weighted by molar-refractivity contribution is 5.94. The van der Waals surface area contributed by atoms with Crippen LogP contribution in [0.2, 0.25) is 0 Å². The van der Waals surface area contributed by atoms with Crippen molar-refractivity contribution >= 4 is 5.91 Å². The predicted octanol–water partition coefficient (Wildman–Crippen LogP) is 2.02. The lowest BCUT2D eigenvalue weighted by molar-refractivity contribution is 0.0952. The van der Waals surface area contributed by atoms with E-state index in [0.29, 0.717) is 6.07 Å². The fraction of sp³-hybridized carbons (Fsp3) is 0.100. The van der Waals surface area contributed by atoms with Crippen LogP contribution in [0.25, 0.3) is 0 Å². The van der Waals surface area contributed by atoms with E-state index in [4.69, 9.17) is 0 Å². The van der Waals surface area contributed by atoms with Crippen LogP contribution < -0.4 is 5.32 Å². The number of nitrogens with one attached hydrogen (secondary N) is 1. The number of halogens is 3. The van der Waals surface area contributed by atoms with Gasteiger partial charge in [-0.3, -0.25) is 4.79 Å². The molecule has 1 N–H and O–H groups in total. The Balaban J connectivity index is 3.00. The number of benzene rings is 1. The summed E-state index contributed by atoms with van der Waals surface area (Å²) in [4.78, 5) is 11.2. The first-order valence-corrected chi connectivity index (χ1v) is 4.10. The molecular formula is C10H8F3NO. The number of amides is 1. The van der Waals surface area contributed by atoms with Crippen molar-refractivity contribution < 1.29 is 18.0 Å². The van der Waals surface area contributed by atoms with Crippen molar-refractivity contribution in [1.29, 1.82) is 0 Å². The van der Waals surface area contributed by atoms with E-state index in [2.05, 4.69) is 11.9 Å². The fourth-order valence-electron chi connectivity index (χ4n) is 0.961. The van der Waals surface area contributed by atoms with Gasteiger partial charge in [0.25, 0.3) is 5.91 Å². The molecule has 1 aromatic rings. The monoisotopic (exact) mass is 215 g/mol. The van der Waals surface area contributed by atoms with Gasteiger partial charge in [-0.05, 0) is 12.1 Å². The van der Waals surface area contributed by atoms with Crippen LogP contribution in [-0.2, 0) is 0 Å². The van der Waals surface area contributed by atoms with Gasteiger partial charge in [-0.15, -0.1) is 6.58 Å². The van der Waals surface area contributed by atoms with Crippen LogP contribution in [0.4, 0.5) is 13.2 Å². The van der Waals surface area contributed by atoms with Crippen molar-refractivity contribution in [1.82, 2.24) is 5.32 Å². The van der Waals surface area contributed by atoms with Crippen LogP contribution in [-0.4, -0.2) is 12.5 Å². The second-order valence-electron chi connectivity index (χ2n) is 2.72. The highest BCUT2D eigenvalue weighted by atomic mass is 19.2. The maximum Gasteiger partial charge on any atom is 0.254 e. The average molecular weight is 215 g/mol. The molecule has 0 aliphatic heterocycles. The van der Waals surface area contributed by atoms with Gasteiger partial charge in [0.05, 0.1) is 5.56 Å². The molecule has 5 heteroatoms.